The third-order valence-corrected chi connectivity index (χ3v) is 4.36. The molecule has 96 valence electrons. The van der Waals surface area contributed by atoms with Crippen LogP contribution >= 0.6 is 27.5 Å². The number of aryl methyl sites for hydroxylation is 1. The van der Waals surface area contributed by atoms with Gasteiger partial charge in [0.2, 0.25) is 0 Å². The van der Waals surface area contributed by atoms with Crippen LogP contribution in [0.2, 0.25) is 0 Å². The predicted octanol–water partition coefficient (Wildman–Crippen LogP) is 4.44. The van der Waals surface area contributed by atoms with E-state index in [1.165, 1.54) is 25.3 Å². The smallest absolute Gasteiger partial charge is 0.139 e. The number of halogens is 3. The lowest BCUT2D eigenvalue weighted by molar-refractivity contribution is 0.313. The second-order valence-electron chi connectivity index (χ2n) is 4.68. The summed E-state index contributed by atoms with van der Waals surface area (Å²) in [5, 5.41) is 0. The molecule has 1 aromatic heterocycles. The third kappa shape index (κ3) is 1.95. The van der Waals surface area contributed by atoms with Gasteiger partial charge in [-0.1, -0.05) is 0 Å². The fourth-order valence-electron chi connectivity index (χ4n) is 2.45. The van der Waals surface area contributed by atoms with Crippen molar-refractivity contribution >= 4 is 38.6 Å². The molecule has 0 radical (unpaired) electrons. The van der Waals surface area contributed by atoms with Crippen LogP contribution in [-0.4, -0.2) is 15.4 Å². The minimum atomic E-state index is -0.266. The number of benzene rings is 1. The summed E-state index contributed by atoms with van der Waals surface area (Å²) >= 11 is 9.07. The van der Waals surface area contributed by atoms with Gasteiger partial charge in [-0.3, -0.25) is 0 Å². The number of imidazole rings is 1. The van der Waals surface area contributed by atoms with Gasteiger partial charge in [-0.15, -0.1) is 11.6 Å². The quantitative estimate of drug-likeness (QED) is 0.760. The summed E-state index contributed by atoms with van der Waals surface area (Å²) in [7, 11) is 0. The molecule has 1 saturated carbocycles. The molecule has 0 atom stereocenters. The molecule has 0 bridgehead atoms. The summed E-state index contributed by atoms with van der Waals surface area (Å²) in [5.41, 5.74) is 1.73. The maximum atomic E-state index is 13.6. The minimum absolute atomic E-state index is 0.266. The maximum Gasteiger partial charge on any atom is 0.139 e. The molecular weight excluding hydrogens is 319 g/mol. The number of fused-ring (bicyclic) bond motifs is 1. The van der Waals surface area contributed by atoms with Crippen LogP contribution in [-0.2, 0) is 6.42 Å². The molecule has 0 saturated heterocycles. The van der Waals surface area contributed by atoms with Crippen molar-refractivity contribution in [2.24, 2.45) is 0 Å². The van der Waals surface area contributed by atoms with Gasteiger partial charge < -0.3 is 4.57 Å². The van der Waals surface area contributed by atoms with E-state index in [0.717, 1.165) is 23.3 Å². The summed E-state index contributed by atoms with van der Waals surface area (Å²) < 4.78 is 16.3. The Labute approximate surface area is 118 Å². The monoisotopic (exact) mass is 330 g/mol. The molecule has 1 fully saturated rings. The summed E-state index contributed by atoms with van der Waals surface area (Å²) in [6.07, 6.45) is 4.34. The fraction of sp³-hybridized carbons (Fsp3) is 0.462. The highest BCUT2D eigenvalue weighted by atomic mass is 79.9. The van der Waals surface area contributed by atoms with Crippen molar-refractivity contribution in [1.29, 1.82) is 0 Å². The van der Waals surface area contributed by atoms with Crippen molar-refractivity contribution < 1.29 is 4.39 Å². The van der Waals surface area contributed by atoms with E-state index < -0.39 is 0 Å². The molecule has 2 nitrogen and oxygen atoms in total. The Morgan fingerprint density at radius 3 is 2.83 bits per heavy atom. The van der Waals surface area contributed by atoms with E-state index in [-0.39, 0.29) is 5.82 Å². The van der Waals surface area contributed by atoms with Crippen LogP contribution in [0.5, 0.6) is 0 Å². The number of hydrogen-bond donors (Lipinski definition) is 0. The second-order valence-corrected chi connectivity index (χ2v) is 5.91. The van der Waals surface area contributed by atoms with Crippen molar-refractivity contribution in [3.8, 4) is 0 Å². The van der Waals surface area contributed by atoms with E-state index in [2.05, 4.69) is 25.5 Å². The SMILES string of the molecule is Fc1cc2nc(CCCl)n(C3CCC3)c2cc1Br. The molecule has 0 unspecified atom stereocenters. The highest BCUT2D eigenvalue weighted by Crippen LogP contribution is 2.36. The molecule has 0 aliphatic heterocycles. The number of hydrogen-bond acceptors (Lipinski definition) is 1. The fourth-order valence-corrected chi connectivity index (χ4v) is 2.95. The van der Waals surface area contributed by atoms with E-state index in [4.69, 9.17) is 11.6 Å². The van der Waals surface area contributed by atoms with Crippen LogP contribution < -0.4 is 0 Å². The average molecular weight is 332 g/mol. The first-order valence-corrected chi connectivity index (χ1v) is 7.45. The molecule has 18 heavy (non-hydrogen) atoms. The van der Waals surface area contributed by atoms with Crippen LogP contribution in [0.25, 0.3) is 11.0 Å². The van der Waals surface area contributed by atoms with Gasteiger partial charge in [0.1, 0.15) is 11.6 Å². The third-order valence-electron chi connectivity index (χ3n) is 3.56. The number of aromatic nitrogens is 2. The van der Waals surface area contributed by atoms with Crippen LogP contribution in [0.4, 0.5) is 4.39 Å². The first-order valence-electron chi connectivity index (χ1n) is 6.12. The lowest BCUT2D eigenvalue weighted by Crippen LogP contribution is -2.19. The zero-order valence-electron chi connectivity index (χ0n) is 9.80. The molecule has 1 heterocycles. The molecule has 1 aliphatic rings. The summed E-state index contributed by atoms with van der Waals surface area (Å²) in [6, 6.07) is 3.82. The van der Waals surface area contributed by atoms with E-state index >= 15 is 0 Å². The van der Waals surface area contributed by atoms with Gasteiger partial charge in [0.25, 0.3) is 0 Å². The Morgan fingerprint density at radius 2 is 2.22 bits per heavy atom. The Kier molecular flexibility index (Phi) is 3.32. The van der Waals surface area contributed by atoms with Crippen LogP contribution in [0.15, 0.2) is 16.6 Å². The van der Waals surface area contributed by atoms with Crippen molar-refractivity contribution in [3.05, 3.63) is 28.2 Å². The highest BCUT2D eigenvalue weighted by molar-refractivity contribution is 9.10. The Hall–Kier alpha value is -0.610. The zero-order chi connectivity index (χ0) is 12.7. The predicted molar refractivity (Wildman–Crippen MR) is 74.7 cm³/mol. The number of alkyl halides is 1. The molecule has 1 aromatic carbocycles. The Balaban J connectivity index is 2.20. The van der Waals surface area contributed by atoms with Gasteiger partial charge in [0.15, 0.2) is 0 Å². The standard InChI is InChI=1S/C13H13BrClFN2/c14-9-6-12-11(7-10(9)16)17-13(4-5-15)18(12)8-2-1-3-8/h6-8H,1-5H2. The van der Waals surface area contributed by atoms with Crippen LogP contribution in [0, 0.1) is 5.82 Å². The van der Waals surface area contributed by atoms with Gasteiger partial charge in [-0.2, -0.15) is 0 Å². The summed E-state index contributed by atoms with van der Waals surface area (Å²) in [4.78, 5) is 4.52. The van der Waals surface area contributed by atoms with E-state index in [9.17, 15) is 4.39 Å². The van der Waals surface area contributed by atoms with E-state index in [0.29, 0.717) is 16.4 Å². The van der Waals surface area contributed by atoms with Crippen LogP contribution in [0.1, 0.15) is 31.1 Å². The lowest BCUT2D eigenvalue weighted by Gasteiger charge is -2.29. The van der Waals surface area contributed by atoms with Gasteiger partial charge in [-0.25, -0.2) is 9.37 Å². The molecule has 0 N–H and O–H groups in total. The van der Waals surface area contributed by atoms with Gasteiger partial charge in [0.05, 0.1) is 15.5 Å². The molecule has 5 heteroatoms. The molecule has 0 amide bonds. The summed E-state index contributed by atoms with van der Waals surface area (Å²) in [6.45, 7) is 0. The first-order chi connectivity index (χ1) is 8.70. The highest BCUT2D eigenvalue weighted by Gasteiger charge is 2.24. The first kappa shape index (κ1) is 12.4. The number of nitrogens with zero attached hydrogens (tertiary/aromatic N) is 2. The molecular formula is C13H13BrClFN2. The van der Waals surface area contributed by atoms with Gasteiger partial charge in [0, 0.05) is 24.4 Å². The van der Waals surface area contributed by atoms with E-state index in [1.54, 1.807) is 0 Å². The Bertz CT molecular complexity index is 592. The molecule has 1 aliphatic carbocycles. The maximum absolute atomic E-state index is 13.6. The van der Waals surface area contributed by atoms with Gasteiger partial charge >= 0.3 is 0 Å². The minimum Gasteiger partial charge on any atom is -0.325 e. The topological polar surface area (TPSA) is 17.8 Å². The molecule has 3 rings (SSSR count). The van der Waals surface area contributed by atoms with Gasteiger partial charge in [-0.05, 0) is 41.3 Å². The normalized spacial score (nSPS) is 16.2. The molecule has 0 spiro atoms. The van der Waals surface area contributed by atoms with Crippen molar-refractivity contribution in [2.75, 3.05) is 5.88 Å². The largest absolute Gasteiger partial charge is 0.325 e. The van der Waals surface area contributed by atoms with E-state index in [1.807, 2.05) is 6.07 Å². The number of rotatable bonds is 3. The molecule has 2 aromatic rings. The van der Waals surface area contributed by atoms with Crippen molar-refractivity contribution in [3.63, 3.8) is 0 Å². The van der Waals surface area contributed by atoms with Crippen molar-refractivity contribution in [1.82, 2.24) is 9.55 Å². The summed E-state index contributed by atoms with van der Waals surface area (Å²) in [5.74, 6) is 1.25. The lowest BCUT2D eigenvalue weighted by atomic mass is 9.92. The van der Waals surface area contributed by atoms with Crippen molar-refractivity contribution in [2.45, 2.75) is 31.7 Å². The second kappa shape index (κ2) is 4.82. The Morgan fingerprint density at radius 1 is 1.44 bits per heavy atom. The zero-order valence-corrected chi connectivity index (χ0v) is 12.1. The van der Waals surface area contributed by atoms with Crippen LogP contribution in [0.3, 0.4) is 0 Å². The average Bonchev–Trinajstić information content (AvgIpc) is 2.57.